The summed E-state index contributed by atoms with van der Waals surface area (Å²) in [6.45, 7) is 0.848. The average Bonchev–Trinajstić information content (AvgIpc) is 3.16. The van der Waals surface area contributed by atoms with Gasteiger partial charge in [0.05, 0.1) is 13.1 Å². The predicted molar refractivity (Wildman–Crippen MR) is 74.7 cm³/mol. The summed E-state index contributed by atoms with van der Waals surface area (Å²) in [5.41, 5.74) is 2.17. The lowest BCUT2D eigenvalue weighted by Gasteiger charge is -2.23. The van der Waals surface area contributed by atoms with Gasteiger partial charge in [-0.3, -0.25) is 14.5 Å². The highest BCUT2D eigenvalue weighted by molar-refractivity contribution is 5.97. The van der Waals surface area contributed by atoms with Crippen molar-refractivity contribution in [2.75, 3.05) is 24.5 Å². The Morgan fingerprint density at radius 3 is 2.70 bits per heavy atom. The fraction of sp³-hybridized carbons (Fsp3) is 0.467. The van der Waals surface area contributed by atoms with Crippen LogP contribution in [0.5, 0.6) is 0 Å². The fourth-order valence-electron chi connectivity index (χ4n) is 2.78. The van der Waals surface area contributed by atoms with E-state index >= 15 is 0 Å². The van der Waals surface area contributed by atoms with Gasteiger partial charge in [-0.2, -0.15) is 0 Å². The molecule has 1 aromatic carbocycles. The molecule has 0 saturated heterocycles. The molecule has 5 nitrogen and oxygen atoms in total. The van der Waals surface area contributed by atoms with Crippen molar-refractivity contribution in [1.82, 2.24) is 4.90 Å². The van der Waals surface area contributed by atoms with E-state index in [0.29, 0.717) is 6.54 Å². The Kier molecular flexibility index (Phi) is 3.44. The van der Waals surface area contributed by atoms with E-state index in [1.807, 2.05) is 24.3 Å². The van der Waals surface area contributed by atoms with Crippen molar-refractivity contribution in [2.24, 2.45) is 0 Å². The number of carbonyl (C=O) groups is 2. The summed E-state index contributed by atoms with van der Waals surface area (Å²) in [4.78, 5) is 26.9. The molecule has 0 unspecified atom stereocenters. The Morgan fingerprint density at radius 1 is 1.25 bits per heavy atom. The van der Waals surface area contributed by atoms with Crippen LogP contribution in [0.15, 0.2) is 24.3 Å². The molecule has 1 saturated carbocycles. The van der Waals surface area contributed by atoms with Crippen molar-refractivity contribution in [3.8, 4) is 0 Å². The number of nitrogens with zero attached hydrogens (tertiary/aromatic N) is 2. The van der Waals surface area contributed by atoms with Crippen LogP contribution in [0.3, 0.4) is 0 Å². The number of aliphatic carboxylic acids is 1. The number of hydrogen-bond acceptors (Lipinski definition) is 3. The molecule has 1 heterocycles. The fourth-order valence-corrected chi connectivity index (χ4v) is 2.78. The number of para-hydroxylation sites is 1. The normalized spacial score (nSPS) is 17.4. The predicted octanol–water partition coefficient (Wildman–Crippen LogP) is 1.12. The molecule has 3 rings (SSSR count). The maximum Gasteiger partial charge on any atom is 0.317 e. The number of benzene rings is 1. The minimum absolute atomic E-state index is 0.00287. The van der Waals surface area contributed by atoms with Gasteiger partial charge in [-0.1, -0.05) is 18.2 Å². The van der Waals surface area contributed by atoms with E-state index in [2.05, 4.69) is 0 Å². The molecule has 1 amide bonds. The Bertz CT molecular complexity index is 540. The van der Waals surface area contributed by atoms with Crippen molar-refractivity contribution in [1.29, 1.82) is 0 Å². The molecule has 0 aromatic heterocycles. The Labute approximate surface area is 117 Å². The molecule has 1 aromatic rings. The molecule has 1 N–H and O–H groups in total. The zero-order chi connectivity index (χ0) is 14.1. The summed E-state index contributed by atoms with van der Waals surface area (Å²) >= 11 is 0. The van der Waals surface area contributed by atoms with Crippen molar-refractivity contribution < 1.29 is 14.7 Å². The highest BCUT2D eigenvalue weighted by atomic mass is 16.4. The van der Waals surface area contributed by atoms with Gasteiger partial charge in [0.25, 0.3) is 0 Å². The van der Waals surface area contributed by atoms with Gasteiger partial charge in [-0.05, 0) is 30.9 Å². The number of carboxylic acid groups (broad SMARTS) is 1. The van der Waals surface area contributed by atoms with Crippen LogP contribution in [0.4, 0.5) is 5.69 Å². The molecular weight excluding hydrogens is 256 g/mol. The molecule has 0 radical (unpaired) electrons. The van der Waals surface area contributed by atoms with Crippen LogP contribution in [0, 0.1) is 0 Å². The number of carbonyl (C=O) groups excluding carboxylic acids is 1. The lowest BCUT2D eigenvalue weighted by Crippen LogP contribution is -2.42. The largest absolute Gasteiger partial charge is 0.480 e. The zero-order valence-corrected chi connectivity index (χ0v) is 11.3. The molecule has 20 heavy (non-hydrogen) atoms. The van der Waals surface area contributed by atoms with Gasteiger partial charge >= 0.3 is 5.97 Å². The van der Waals surface area contributed by atoms with E-state index in [-0.39, 0.29) is 25.0 Å². The van der Waals surface area contributed by atoms with Crippen molar-refractivity contribution >= 4 is 17.6 Å². The minimum atomic E-state index is -0.869. The monoisotopic (exact) mass is 274 g/mol. The molecule has 1 aliphatic heterocycles. The molecule has 2 aliphatic rings. The first kappa shape index (κ1) is 13.1. The first-order valence-corrected chi connectivity index (χ1v) is 6.99. The van der Waals surface area contributed by atoms with Crippen LogP contribution in [0.25, 0.3) is 0 Å². The van der Waals surface area contributed by atoms with E-state index in [1.54, 1.807) is 9.80 Å². The van der Waals surface area contributed by atoms with Gasteiger partial charge in [0.15, 0.2) is 0 Å². The van der Waals surface area contributed by atoms with Crippen LogP contribution in [-0.4, -0.2) is 47.6 Å². The molecule has 0 spiro atoms. The second-order valence-electron chi connectivity index (χ2n) is 5.45. The quantitative estimate of drug-likeness (QED) is 0.874. The minimum Gasteiger partial charge on any atom is -0.480 e. The van der Waals surface area contributed by atoms with Crippen molar-refractivity contribution in [3.63, 3.8) is 0 Å². The van der Waals surface area contributed by atoms with Crippen molar-refractivity contribution in [2.45, 2.75) is 25.3 Å². The summed E-state index contributed by atoms with van der Waals surface area (Å²) in [5, 5.41) is 8.93. The van der Waals surface area contributed by atoms with Crippen LogP contribution in [0.1, 0.15) is 18.4 Å². The van der Waals surface area contributed by atoms with E-state index in [4.69, 9.17) is 5.11 Å². The summed E-state index contributed by atoms with van der Waals surface area (Å²) in [7, 11) is 0. The summed E-state index contributed by atoms with van der Waals surface area (Å²) in [5.74, 6) is -0.866. The Balaban J connectivity index is 1.68. The van der Waals surface area contributed by atoms with E-state index in [1.165, 1.54) is 5.56 Å². The van der Waals surface area contributed by atoms with Gasteiger partial charge in [0.1, 0.15) is 0 Å². The number of carboxylic acids is 1. The summed E-state index contributed by atoms with van der Waals surface area (Å²) in [6, 6.07) is 8.18. The number of fused-ring (bicyclic) bond motifs is 1. The van der Waals surface area contributed by atoms with Crippen LogP contribution >= 0.6 is 0 Å². The number of anilines is 1. The third-order valence-corrected chi connectivity index (χ3v) is 3.93. The molecule has 106 valence electrons. The smallest absolute Gasteiger partial charge is 0.317 e. The number of rotatable bonds is 5. The second-order valence-corrected chi connectivity index (χ2v) is 5.45. The standard InChI is InChI=1S/C15H18N2O3/c18-14(9-16(10-15(19)20)12-5-6-12)17-8-7-11-3-1-2-4-13(11)17/h1-4,12H,5-10H2,(H,19,20). The first-order valence-electron chi connectivity index (χ1n) is 6.99. The van der Waals surface area contributed by atoms with Crippen LogP contribution < -0.4 is 4.90 Å². The summed E-state index contributed by atoms with van der Waals surface area (Å²) in [6.07, 6.45) is 2.87. The number of hydrogen-bond donors (Lipinski definition) is 1. The highest BCUT2D eigenvalue weighted by Gasteiger charge is 2.33. The van der Waals surface area contributed by atoms with E-state index in [0.717, 1.165) is 24.9 Å². The lowest BCUT2D eigenvalue weighted by atomic mass is 10.2. The van der Waals surface area contributed by atoms with Gasteiger partial charge in [-0.25, -0.2) is 0 Å². The molecule has 1 fully saturated rings. The van der Waals surface area contributed by atoms with E-state index in [9.17, 15) is 9.59 Å². The van der Waals surface area contributed by atoms with E-state index < -0.39 is 5.97 Å². The first-order chi connectivity index (χ1) is 9.65. The van der Waals surface area contributed by atoms with Gasteiger partial charge < -0.3 is 10.0 Å². The Morgan fingerprint density at radius 2 is 2.00 bits per heavy atom. The molecule has 5 heteroatoms. The number of amides is 1. The zero-order valence-electron chi connectivity index (χ0n) is 11.3. The highest BCUT2D eigenvalue weighted by Crippen LogP contribution is 2.29. The lowest BCUT2D eigenvalue weighted by molar-refractivity contribution is -0.138. The molecular formula is C15H18N2O3. The van der Waals surface area contributed by atoms with Gasteiger partial charge in [0.2, 0.25) is 5.91 Å². The van der Waals surface area contributed by atoms with Crippen molar-refractivity contribution in [3.05, 3.63) is 29.8 Å². The van der Waals surface area contributed by atoms with Gasteiger partial charge in [-0.15, -0.1) is 0 Å². The second kappa shape index (κ2) is 5.25. The Hall–Kier alpha value is -1.88. The molecule has 0 atom stereocenters. The SMILES string of the molecule is O=C(O)CN(CC(=O)N1CCc2ccccc21)C1CC1. The topological polar surface area (TPSA) is 60.9 Å². The third-order valence-electron chi connectivity index (χ3n) is 3.93. The van der Waals surface area contributed by atoms with Gasteiger partial charge in [0, 0.05) is 18.3 Å². The maximum absolute atomic E-state index is 12.4. The maximum atomic E-state index is 12.4. The molecule has 1 aliphatic carbocycles. The van der Waals surface area contributed by atoms with Crippen LogP contribution in [-0.2, 0) is 16.0 Å². The third kappa shape index (κ3) is 2.67. The molecule has 0 bridgehead atoms. The summed E-state index contributed by atoms with van der Waals surface area (Å²) < 4.78 is 0. The van der Waals surface area contributed by atoms with Crippen LogP contribution in [0.2, 0.25) is 0 Å². The average molecular weight is 274 g/mol.